The molecule has 150 valence electrons. The molecule has 30 heavy (non-hydrogen) atoms. The predicted octanol–water partition coefficient (Wildman–Crippen LogP) is 2.83. The van der Waals surface area contributed by atoms with Gasteiger partial charge in [-0.2, -0.15) is 0 Å². The largest absolute Gasteiger partial charge is 0.353 e. The fraction of sp³-hybridized carbons (Fsp3) is 0.182. The highest BCUT2D eigenvalue weighted by Crippen LogP contribution is 2.20. The fourth-order valence-electron chi connectivity index (χ4n) is 3.65. The van der Waals surface area contributed by atoms with E-state index in [0.29, 0.717) is 18.9 Å². The van der Waals surface area contributed by atoms with Gasteiger partial charge in [0.25, 0.3) is 5.91 Å². The van der Waals surface area contributed by atoms with Gasteiger partial charge >= 0.3 is 0 Å². The quantitative estimate of drug-likeness (QED) is 0.569. The highest BCUT2D eigenvalue weighted by molar-refractivity contribution is 5.95. The first-order valence-electron chi connectivity index (χ1n) is 9.87. The van der Waals surface area contributed by atoms with E-state index < -0.39 is 0 Å². The molecule has 0 aliphatic carbocycles. The van der Waals surface area contributed by atoms with E-state index in [1.54, 1.807) is 12.5 Å². The average molecular weight is 399 g/mol. The number of carbonyl (C=O) groups excluding carboxylic acids is 1. The Hall–Kier alpha value is -3.94. The highest BCUT2D eigenvalue weighted by atomic mass is 16.2. The average Bonchev–Trinajstić information content (AvgIpc) is 3.24. The minimum atomic E-state index is 0.0681. The zero-order valence-corrected chi connectivity index (χ0v) is 16.3. The Morgan fingerprint density at radius 3 is 2.57 bits per heavy atom. The third kappa shape index (κ3) is 3.67. The maximum Gasteiger partial charge on any atom is 0.255 e. The van der Waals surface area contributed by atoms with Crippen LogP contribution in [-0.2, 0) is 0 Å². The van der Waals surface area contributed by atoms with Crippen molar-refractivity contribution in [2.24, 2.45) is 0 Å². The van der Waals surface area contributed by atoms with Crippen molar-refractivity contribution in [2.45, 2.75) is 0 Å². The lowest BCUT2D eigenvalue weighted by Gasteiger charge is -2.35. The van der Waals surface area contributed by atoms with Crippen molar-refractivity contribution in [1.29, 1.82) is 0 Å². The molecule has 5 heterocycles. The van der Waals surface area contributed by atoms with Crippen molar-refractivity contribution in [2.75, 3.05) is 36.4 Å². The van der Waals surface area contributed by atoms with E-state index >= 15 is 0 Å². The van der Waals surface area contributed by atoms with Gasteiger partial charge in [0.15, 0.2) is 0 Å². The molecule has 1 aliphatic heterocycles. The second-order valence-electron chi connectivity index (χ2n) is 7.14. The topological polar surface area (TPSA) is 78.7 Å². The van der Waals surface area contributed by atoms with E-state index in [2.05, 4.69) is 25.2 Å². The number of aromatic nitrogens is 4. The molecule has 4 aromatic rings. The first kappa shape index (κ1) is 18.1. The highest BCUT2D eigenvalue weighted by Gasteiger charge is 2.24. The Balaban J connectivity index is 1.24. The lowest BCUT2D eigenvalue weighted by Crippen LogP contribution is -2.49. The number of piperazine rings is 1. The Labute approximate surface area is 173 Å². The van der Waals surface area contributed by atoms with Gasteiger partial charge in [-0.3, -0.25) is 4.79 Å². The molecule has 8 nitrogen and oxygen atoms in total. The van der Waals surface area contributed by atoms with E-state index in [4.69, 9.17) is 0 Å². The van der Waals surface area contributed by atoms with E-state index in [-0.39, 0.29) is 5.91 Å². The summed E-state index contributed by atoms with van der Waals surface area (Å²) in [5.74, 6) is 2.33. The van der Waals surface area contributed by atoms with Crippen LogP contribution in [0.25, 0.3) is 5.52 Å². The van der Waals surface area contributed by atoms with Gasteiger partial charge in [-0.15, -0.1) is 0 Å². The third-order valence-corrected chi connectivity index (χ3v) is 5.22. The van der Waals surface area contributed by atoms with Gasteiger partial charge in [0.1, 0.15) is 23.8 Å². The van der Waals surface area contributed by atoms with E-state index in [1.165, 1.54) is 0 Å². The van der Waals surface area contributed by atoms with Crippen LogP contribution in [0, 0.1) is 0 Å². The Kier molecular flexibility index (Phi) is 4.72. The normalized spacial score (nSPS) is 14.1. The zero-order valence-electron chi connectivity index (χ0n) is 16.3. The predicted molar refractivity (Wildman–Crippen MR) is 115 cm³/mol. The summed E-state index contributed by atoms with van der Waals surface area (Å²) in [6, 6.07) is 15.5. The number of amides is 1. The van der Waals surface area contributed by atoms with Gasteiger partial charge in [0.05, 0.1) is 5.56 Å². The van der Waals surface area contributed by atoms with Gasteiger partial charge in [-0.25, -0.2) is 15.0 Å². The van der Waals surface area contributed by atoms with E-state index in [1.807, 2.05) is 70.2 Å². The zero-order chi connectivity index (χ0) is 20.3. The molecule has 1 N–H and O–H groups in total. The van der Waals surface area contributed by atoms with Crippen LogP contribution in [0.1, 0.15) is 10.4 Å². The molecule has 0 radical (unpaired) electrons. The summed E-state index contributed by atoms with van der Waals surface area (Å²) in [6.07, 6.45) is 7.12. The number of nitrogens with zero attached hydrogens (tertiary/aromatic N) is 6. The lowest BCUT2D eigenvalue weighted by atomic mass is 10.2. The monoisotopic (exact) mass is 399 g/mol. The van der Waals surface area contributed by atoms with Gasteiger partial charge in [-0.05, 0) is 30.3 Å². The molecule has 0 aromatic carbocycles. The van der Waals surface area contributed by atoms with Crippen molar-refractivity contribution < 1.29 is 4.79 Å². The van der Waals surface area contributed by atoms with Crippen LogP contribution in [0.5, 0.6) is 0 Å². The molecule has 4 aromatic heterocycles. The van der Waals surface area contributed by atoms with Crippen LogP contribution >= 0.6 is 0 Å². The number of anilines is 3. The van der Waals surface area contributed by atoms with Crippen molar-refractivity contribution in [3.8, 4) is 0 Å². The summed E-state index contributed by atoms with van der Waals surface area (Å²) in [7, 11) is 0. The van der Waals surface area contributed by atoms with Crippen LogP contribution in [0.4, 0.5) is 17.5 Å². The van der Waals surface area contributed by atoms with Crippen LogP contribution < -0.4 is 10.2 Å². The molecule has 0 atom stereocenters. The molecule has 1 fully saturated rings. The van der Waals surface area contributed by atoms with Gasteiger partial charge < -0.3 is 19.5 Å². The third-order valence-electron chi connectivity index (χ3n) is 5.22. The summed E-state index contributed by atoms with van der Waals surface area (Å²) in [5, 5.41) is 3.19. The summed E-state index contributed by atoms with van der Waals surface area (Å²) in [4.78, 5) is 29.9. The number of rotatable bonds is 4. The van der Waals surface area contributed by atoms with Crippen LogP contribution in [0.2, 0.25) is 0 Å². The Morgan fingerprint density at radius 2 is 1.77 bits per heavy atom. The summed E-state index contributed by atoms with van der Waals surface area (Å²) < 4.78 is 1.97. The number of nitrogens with one attached hydrogen (secondary N) is 1. The van der Waals surface area contributed by atoms with Crippen molar-refractivity contribution in [3.63, 3.8) is 0 Å². The van der Waals surface area contributed by atoms with Gasteiger partial charge in [0.2, 0.25) is 0 Å². The number of pyridine rings is 2. The first-order chi connectivity index (χ1) is 14.8. The van der Waals surface area contributed by atoms with Crippen LogP contribution in [0.3, 0.4) is 0 Å². The molecule has 8 heteroatoms. The fourth-order valence-corrected chi connectivity index (χ4v) is 3.65. The first-order valence-corrected chi connectivity index (χ1v) is 9.87. The second-order valence-corrected chi connectivity index (χ2v) is 7.14. The number of carbonyl (C=O) groups is 1. The van der Waals surface area contributed by atoms with Crippen molar-refractivity contribution in [3.05, 3.63) is 79.0 Å². The second kappa shape index (κ2) is 7.82. The summed E-state index contributed by atoms with van der Waals surface area (Å²) >= 11 is 0. The number of hydrogen-bond donors (Lipinski definition) is 1. The molecule has 0 bridgehead atoms. The maximum absolute atomic E-state index is 12.9. The Morgan fingerprint density at radius 1 is 0.900 bits per heavy atom. The molecule has 1 amide bonds. The van der Waals surface area contributed by atoms with Crippen molar-refractivity contribution >= 4 is 28.9 Å². The van der Waals surface area contributed by atoms with E-state index in [9.17, 15) is 4.79 Å². The minimum absolute atomic E-state index is 0.0681. The molecule has 0 spiro atoms. The smallest absolute Gasteiger partial charge is 0.255 e. The SMILES string of the molecule is O=C(c1cc2ccccn2c1)N1CCN(c2cc(Nc3ccccn3)ncn2)CC1. The molecule has 1 saturated heterocycles. The van der Waals surface area contributed by atoms with Crippen LogP contribution in [-0.4, -0.2) is 56.3 Å². The Bertz CT molecular complexity index is 1130. The maximum atomic E-state index is 12.9. The number of fused-ring (bicyclic) bond motifs is 1. The summed E-state index contributed by atoms with van der Waals surface area (Å²) in [5.41, 5.74) is 1.74. The summed E-state index contributed by atoms with van der Waals surface area (Å²) in [6.45, 7) is 2.74. The molecule has 1 aliphatic rings. The molecular formula is C22H21N7O. The van der Waals surface area contributed by atoms with Crippen molar-refractivity contribution in [1.82, 2.24) is 24.3 Å². The van der Waals surface area contributed by atoms with Crippen LogP contribution in [0.15, 0.2) is 73.4 Å². The standard InChI is InChI=1S/C22H21N7O/c30-22(17-13-18-5-2-4-8-29(18)15-17)28-11-9-27(10-12-28)21-14-20(24-16-25-21)26-19-6-1-3-7-23-19/h1-8,13-16H,9-12H2,(H,23,24,25,26). The lowest BCUT2D eigenvalue weighted by molar-refractivity contribution is 0.0746. The number of hydrogen-bond acceptors (Lipinski definition) is 6. The van der Waals surface area contributed by atoms with E-state index in [0.717, 1.165) is 35.8 Å². The molecule has 0 saturated carbocycles. The van der Waals surface area contributed by atoms with Gasteiger partial charge in [0, 0.05) is 56.4 Å². The molecular weight excluding hydrogens is 378 g/mol. The minimum Gasteiger partial charge on any atom is -0.353 e. The van der Waals surface area contributed by atoms with Gasteiger partial charge in [-0.1, -0.05) is 12.1 Å². The molecule has 0 unspecified atom stereocenters. The molecule has 5 rings (SSSR count).